The summed E-state index contributed by atoms with van der Waals surface area (Å²) in [5.41, 5.74) is 2.94. The van der Waals surface area contributed by atoms with Crippen LogP contribution in [0.4, 0.5) is 19.0 Å². The zero-order valence-corrected chi connectivity index (χ0v) is 21.9. The van der Waals surface area contributed by atoms with Crippen LogP contribution in [-0.2, 0) is 36.3 Å². The van der Waals surface area contributed by atoms with Crippen LogP contribution in [0.5, 0.6) is 0 Å². The number of nitrogens with zero attached hydrogens (tertiary/aromatic N) is 4. The maximum absolute atomic E-state index is 13.7. The lowest BCUT2D eigenvalue weighted by molar-refractivity contribution is -0.137. The summed E-state index contributed by atoms with van der Waals surface area (Å²) in [5.74, 6) is 0.651. The molecule has 0 aliphatic rings. The number of fused-ring (bicyclic) bond motifs is 1. The number of alkyl halides is 3. The van der Waals surface area contributed by atoms with Gasteiger partial charge in [0.05, 0.1) is 17.5 Å². The van der Waals surface area contributed by atoms with Crippen LogP contribution in [0.2, 0.25) is 0 Å². The Balaban J connectivity index is 1.51. The first-order valence-corrected chi connectivity index (χ1v) is 13.8. The van der Waals surface area contributed by atoms with E-state index < -0.39 is 21.8 Å². The Morgan fingerprint density at radius 1 is 0.923 bits per heavy atom. The van der Waals surface area contributed by atoms with Gasteiger partial charge in [-0.25, -0.2) is 18.1 Å². The number of rotatable bonds is 8. The number of sulfonamides is 1. The highest BCUT2D eigenvalue weighted by molar-refractivity contribution is 7.88. The summed E-state index contributed by atoms with van der Waals surface area (Å²) < 4.78 is 70.0. The molecule has 5 aromatic rings. The largest absolute Gasteiger partial charge is 0.417 e. The molecule has 2 aromatic carbocycles. The van der Waals surface area contributed by atoms with Crippen molar-refractivity contribution in [1.29, 1.82) is 0 Å². The lowest BCUT2D eigenvalue weighted by Gasteiger charge is -2.14. The second-order valence-electron chi connectivity index (χ2n) is 9.14. The molecule has 0 aliphatic heterocycles. The number of pyridine rings is 1. The molecule has 8 nitrogen and oxygen atoms in total. The number of halogens is 3. The van der Waals surface area contributed by atoms with E-state index in [1.807, 2.05) is 34.7 Å². The van der Waals surface area contributed by atoms with Crippen LogP contribution < -0.4 is 10.0 Å². The SMILES string of the molecule is Cn1ccc(-c2cc(CNc3c(-c4ccccc4)nc4cc(CNS(C)(=O)=O)ccn34)ccc2C(F)(F)F)n1. The standard InChI is InChI=1S/C27H25F3N6O2S/c1-35-12-11-23(34-35)21-14-18(8-9-22(21)27(28,29)30)16-31-26-25(20-6-4-3-5-7-20)33-24-15-19(10-13-36(24)26)17-32-39(2,37)38/h3-15,31-32H,16-17H2,1-2H3. The van der Waals surface area contributed by atoms with Crippen molar-refractivity contribution in [2.45, 2.75) is 19.3 Å². The highest BCUT2D eigenvalue weighted by Crippen LogP contribution is 2.37. The van der Waals surface area contributed by atoms with Gasteiger partial charge in [-0.15, -0.1) is 0 Å². The number of aromatic nitrogens is 4. The molecule has 3 aromatic heterocycles. The summed E-state index contributed by atoms with van der Waals surface area (Å²) >= 11 is 0. The number of hydrogen-bond acceptors (Lipinski definition) is 5. The summed E-state index contributed by atoms with van der Waals surface area (Å²) in [6.07, 6.45) is -0.0468. The normalized spacial score (nSPS) is 12.2. The van der Waals surface area contributed by atoms with Gasteiger partial charge >= 0.3 is 6.18 Å². The van der Waals surface area contributed by atoms with E-state index in [0.717, 1.165) is 23.4 Å². The van der Waals surface area contributed by atoms with Crippen LogP contribution in [-0.4, -0.2) is 33.8 Å². The lowest BCUT2D eigenvalue weighted by atomic mass is 10.0. The zero-order chi connectivity index (χ0) is 27.8. The predicted octanol–water partition coefficient (Wildman–Crippen LogP) is 5.08. The van der Waals surface area contributed by atoms with Gasteiger partial charge in [0.2, 0.25) is 10.0 Å². The molecule has 0 unspecified atom stereocenters. The Labute approximate surface area is 223 Å². The minimum absolute atomic E-state index is 0.00634. The molecular formula is C27H25F3N6O2S. The van der Waals surface area contributed by atoms with Gasteiger partial charge in [-0.3, -0.25) is 9.08 Å². The number of benzene rings is 2. The molecule has 3 heterocycles. The van der Waals surface area contributed by atoms with E-state index in [1.54, 1.807) is 37.6 Å². The quantitative estimate of drug-likeness (QED) is 0.279. The van der Waals surface area contributed by atoms with Gasteiger partial charge in [-0.05, 0) is 41.5 Å². The van der Waals surface area contributed by atoms with Crippen LogP contribution in [0.1, 0.15) is 16.7 Å². The van der Waals surface area contributed by atoms with Crippen LogP contribution in [0.3, 0.4) is 0 Å². The molecule has 0 atom stereocenters. The summed E-state index contributed by atoms with van der Waals surface area (Å²) in [4.78, 5) is 4.78. The molecule has 12 heteroatoms. The number of anilines is 1. The van der Waals surface area contributed by atoms with Crippen molar-refractivity contribution in [3.8, 4) is 22.5 Å². The highest BCUT2D eigenvalue weighted by Gasteiger charge is 2.34. The molecule has 5 rings (SSSR count). The Hall–Kier alpha value is -4.16. The van der Waals surface area contributed by atoms with E-state index in [2.05, 4.69) is 15.1 Å². The Kier molecular flexibility index (Phi) is 6.91. The molecule has 202 valence electrons. The van der Waals surface area contributed by atoms with Gasteiger partial charge in [-0.2, -0.15) is 18.3 Å². The van der Waals surface area contributed by atoms with Crippen LogP contribution in [0.15, 0.2) is 79.1 Å². The third-order valence-corrected chi connectivity index (χ3v) is 6.78. The third kappa shape index (κ3) is 5.96. The summed E-state index contributed by atoms with van der Waals surface area (Å²) in [7, 11) is -1.71. The molecule has 0 bridgehead atoms. The monoisotopic (exact) mass is 554 g/mol. The van der Waals surface area contributed by atoms with Crippen molar-refractivity contribution < 1.29 is 21.6 Å². The van der Waals surface area contributed by atoms with Crippen molar-refractivity contribution in [3.63, 3.8) is 0 Å². The fraction of sp³-hybridized carbons (Fsp3) is 0.185. The Bertz CT molecular complexity index is 1740. The molecule has 0 fully saturated rings. The van der Waals surface area contributed by atoms with Crippen molar-refractivity contribution in [1.82, 2.24) is 23.9 Å². The third-order valence-electron chi connectivity index (χ3n) is 6.12. The van der Waals surface area contributed by atoms with Gasteiger partial charge < -0.3 is 5.32 Å². The van der Waals surface area contributed by atoms with Crippen LogP contribution in [0.25, 0.3) is 28.2 Å². The van der Waals surface area contributed by atoms with Gasteiger partial charge in [0, 0.05) is 43.7 Å². The molecule has 0 amide bonds. The number of imidazole rings is 1. The van der Waals surface area contributed by atoms with Gasteiger partial charge in [0.25, 0.3) is 0 Å². The molecule has 0 radical (unpaired) electrons. The average molecular weight is 555 g/mol. The number of hydrogen-bond donors (Lipinski definition) is 2. The number of aryl methyl sites for hydroxylation is 1. The maximum atomic E-state index is 13.7. The minimum atomic E-state index is -4.52. The van der Waals surface area contributed by atoms with Crippen molar-refractivity contribution in [2.75, 3.05) is 11.6 Å². The molecule has 39 heavy (non-hydrogen) atoms. The molecule has 0 spiro atoms. The molecule has 0 aliphatic carbocycles. The number of nitrogens with one attached hydrogen (secondary N) is 2. The summed E-state index contributed by atoms with van der Waals surface area (Å²) in [6, 6.07) is 18.6. The van der Waals surface area contributed by atoms with E-state index in [-0.39, 0.29) is 24.3 Å². The molecule has 2 N–H and O–H groups in total. The second kappa shape index (κ2) is 10.2. The van der Waals surface area contributed by atoms with E-state index in [4.69, 9.17) is 4.98 Å². The second-order valence-corrected chi connectivity index (χ2v) is 11.0. The molecule has 0 saturated heterocycles. The predicted molar refractivity (Wildman–Crippen MR) is 143 cm³/mol. The van der Waals surface area contributed by atoms with Crippen molar-refractivity contribution in [3.05, 3.63) is 95.8 Å². The maximum Gasteiger partial charge on any atom is 0.417 e. The van der Waals surface area contributed by atoms with E-state index >= 15 is 0 Å². The summed E-state index contributed by atoms with van der Waals surface area (Å²) in [5, 5.41) is 7.53. The lowest BCUT2D eigenvalue weighted by Crippen LogP contribution is -2.21. The first-order chi connectivity index (χ1) is 18.5. The van der Waals surface area contributed by atoms with E-state index in [0.29, 0.717) is 22.7 Å². The first-order valence-electron chi connectivity index (χ1n) is 11.9. The van der Waals surface area contributed by atoms with Gasteiger partial charge in [0.1, 0.15) is 17.2 Å². The average Bonchev–Trinajstić information content (AvgIpc) is 3.48. The topological polar surface area (TPSA) is 93.3 Å². The van der Waals surface area contributed by atoms with Crippen molar-refractivity contribution in [2.24, 2.45) is 7.05 Å². The van der Waals surface area contributed by atoms with Gasteiger partial charge in [-0.1, -0.05) is 36.4 Å². The van der Waals surface area contributed by atoms with Crippen molar-refractivity contribution >= 4 is 21.5 Å². The van der Waals surface area contributed by atoms with Gasteiger partial charge in [0.15, 0.2) is 0 Å². The van der Waals surface area contributed by atoms with Crippen LogP contribution in [0, 0.1) is 0 Å². The Morgan fingerprint density at radius 2 is 1.67 bits per heavy atom. The Morgan fingerprint density at radius 3 is 2.33 bits per heavy atom. The molecule has 0 saturated carbocycles. The highest BCUT2D eigenvalue weighted by atomic mass is 32.2. The first kappa shape index (κ1) is 26.4. The van der Waals surface area contributed by atoms with Crippen LogP contribution >= 0.6 is 0 Å². The molecular weight excluding hydrogens is 529 g/mol. The van der Waals surface area contributed by atoms with E-state index in [9.17, 15) is 21.6 Å². The zero-order valence-electron chi connectivity index (χ0n) is 21.1. The fourth-order valence-electron chi connectivity index (χ4n) is 4.28. The minimum Gasteiger partial charge on any atom is -0.365 e. The van der Waals surface area contributed by atoms with E-state index in [1.165, 1.54) is 16.8 Å². The smallest absolute Gasteiger partial charge is 0.365 e. The summed E-state index contributed by atoms with van der Waals surface area (Å²) in [6.45, 7) is 0.344. The fourth-order valence-corrected chi connectivity index (χ4v) is 4.71.